The first-order chi connectivity index (χ1) is 11.5. The van der Waals surface area contributed by atoms with Crippen LogP contribution in [0.1, 0.15) is 15.9 Å². The molecule has 2 aromatic carbocycles. The molecule has 126 valence electrons. The van der Waals surface area contributed by atoms with Gasteiger partial charge in [-0.2, -0.15) is 0 Å². The van der Waals surface area contributed by atoms with Gasteiger partial charge in [-0.3, -0.25) is 9.59 Å². The Labute approximate surface area is 145 Å². The average molecular weight is 345 g/mol. The fourth-order valence-electron chi connectivity index (χ4n) is 2.01. The van der Waals surface area contributed by atoms with E-state index < -0.39 is 0 Å². The highest BCUT2D eigenvalue weighted by Gasteiger charge is 2.18. The van der Waals surface area contributed by atoms with Gasteiger partial charge in [-0.05, 0) is 42.1 Å². The highest BCUT2D eigenvalue weighted by atomic mass is 32.2. The van der Waals surface area contributed by atoms with Gasteiger partial charge < -0.3 is 14.4 Å². The van der Waals surface area contributed by atoms with Gasteiger partial charge >= 0.3 is 0 Å². The van der Waals surface area contributed by atoms with Crippen LogP contribution in [0.4, 0.5) is 4.79 Å². The maximum absolute atomic E-state index is 12.9. The smallest absolute Gasteiger partial charge is 0.285 e. The molecule has 0 aliphatic carbocycles. The quantitative estimate of drug-likeness (QED) is 0.611. The number of methoxy groups -OCH3 is 2. The Morgan fingerprint density at radius 1 is 0.958 bits per heavy atom. The Bertz CT molecular complexity index is 758. The summed E-state index contributed by atoms with van der Waals surface area (Å²) in [6, 6.07) is 12.0. The predicted octanol–water partition coefficient (Wildman–Crippen LogP) is 3.71. The van der Waals surface area contributed by atoms with Crippen molar-refractivity contribution in [2.45, 2.75) is 4.90 Å². The van der Waals surface area contributed by atoms with E-state index in [1.807, 2.05) is 0 Å². The summed E-state index contributed by atoms with van der Waals surface area (Å²) in [5, 5.41) is -0.164. The number of nitrogens with zero attached hydrogens (tertiary/aromatic N) is 1. The Kier molecular flexibility index (Phi) is 5.87. The first-order valence-electron chi connectivity index (χ1n) is 7.22. The molecule has 0 unspecified atom stereocenters. The van der Waals surface area contributed by atoms with E-state index in [9.17, 15) is 9.59 Å². The van der Waals surface area contributed by atoms with Crippen molar-refractivity contribution in [1.82, 2.24) is 4.90 Å². The van der Waals surface area contributed by atoms with Gasteiger partial charge in [-0.15, -0.1) is 0 Å². The van der Waals surface area contributed by atoms with E-state index in [1.54, 1.807) is 70.8 Å². The molecular formula is C18H19NO4S. The number of ether oxygens (including phenoxy) is 2. The number of rotatable bonds is 5. The second-order valence-corrected chi connectivity index (χ2v) is 6.18. The minimum atomic E-state index is -0.175. The molecule has 0 atom stereocenters. The standard InChI is InChI=1S/C18H19NO4S/c1-19(2)18(21)24-16-11-14(23-4)8-9-15(16)17(20)12-6-5-7-13(10-12)22-3/h5-11H,1-4H3. The van der Waals surface area contributed by atoms with E-state index >= 15 is 0 Å². The van der Waals surface area contributed by atoms with E-state index in [0.29, 0.717) is 27.5 Å². The molecule has 0 saturated heterocycles. The van der Waals surface area contributed by atoms with Crippen LogP contribution in [0.5, 0.6) is 11.5 Å². The van der Waals surface area contributed by atoms with Crippen molar-refractivity contribution in [2.75, 3.05) is 28.3 Å². The fourth-order valence-corrected chi connectivity index (χ4v) is 2.82. The normalized spacial score (nSPS) is 10.2. The molecule has 0 fully saturated rings. The number of benzene rings is 2. The number of thioether (sulfide) groups is 1. The average Bonchev–Trinajstić information content (AvgIpc) is 2.60. The lowest BCUT2D eigenvalue weighted by Gasteiger charge is -2.13. The van der Waals surface area contributed by atoms with Crippen molar-refractivity contribution < 1.29 is 19.1 Å². The van der Waals surface area contributed by atoms with Crippen LogP contribution in [-0.4, -0.2) is 44.2 Å². The summed E-state index contributed by atoms with van der Waals surface area (Å²) < 4.78 is 10.4. The Morgan fingerprint density at radius 2 is 1.62 bits per heavy atom. The van der Waals surface area contributed by atoms with Gasteiger partial charge in [0.15, 0.2) is 5.78 Å². The number of hydrogen-bond donors (Lipinski definition) is 0. The highest BCUT2D eigenvalue weighted by molar-refractivity contribution is 8.13. The lowest BCUT2D eigenvalue weighted by Crippen LogP contribution is -2.16. The third-order valence-electron chi connectivity index (χ3n) is 3.33. The molecule has 0 spiro atoms. The molecule has 0 saturated carbocycles. The predicted molar refractivity (Wildman–Crippen MR) is 94.4 cm³/mol. The fraction of sp³-hybridized carbons (Fsp3) is 0.222. The van der Waals surface area contributed by atoms with Crippen LogP contribution >= 0.6 is 11.8 Å². The van der Waals surface area contributed by atoms with Gasteiger partial charge in [0.25, 0.3) is 5.24 Å². The molecular weight excluding hydrogens is 326 g/mol. The van der Waals surface area contributed by atoms with Crippen molar-refractivity contribution in [3.05, 3.63) is 53.6 Å². The number of amides is 1. The highest BCUT2D eigenvalue weighted by Crippen LogP contribution is 2.31. The second kappa shape index (κ2) is 7.88. The number of carbonyl (C=O) groups is 2. The van der Waals surface area contributed by atoms with Crippen molar-refractivity contribution in [2.24, 2.45) is 0 Å². The van der Waals surface area contributed by atoms with Crippen molar-refractivity contribution in [3.63, 3.8) is 0 Å². The van der Waals surface area contributed by atoms with Crippen molar-refractivity contribution in [3.8, 4) is 11.5 Å². The van der Waals surface area contributed by atoms with Crippen LogP contribution in [0, 0.1) is 0 Å². The molecule has 0 aliphatic heterocycles. The number of carbonyl (C=O) groups excluding carboxylic acids is 2. The topological polar surface area (TPSA) is 55.8 Å². The molecule has 2 aromatic rings. The van der Waals surface area contributed by atoms with Crippen LogP contribution in [0.2, 0.25) is 0 Å². The summed E-state index contributed by atoms with van der Waals surface area (Å²) in [4.78, 5) is 26.9. The molecule has 0 aliphatic rings. The number of ketones is 1. The SMILES string of the molecule is COc1cccc(C(=O)c2ccc(OC)cc2SC(=O)N(C)C)c1. The lowest BCUT2D eigenvalue weighted by atomic mass is 10.0. The molecule has 0 heterocycles. The zero-order chi connectivity index (χ0) is 17.7. The van der Waals surface area contributed by atoms with E-state index in [-0.39, 0.29) is 11.0 Å². The molecule has 2 rings (SSSR count). The summed E-state index contributed by atoms with van der Waals surface area (Å²) in [5.41, 5.74) is 0.947. The van der Waals surface area contributed by atoms with E-state index in [1.165, 1.54) is 4.90 Å². The van der Waals surface area contributed by atoms with E-state index in [2.05, 4.69) is 0 Å². The first-order valence-corrected chi connectivity index (χ1v) is 8.04. The Morgan fingerprint density at radius 3 is 2.25 bits per heavy atom. The van der Waals surface area contributed by atoms with Gasteiger partial charge in [0, 0.05) is 30.1 Å². The third kappa shape index (κ3) is 4.08. The molecule has 0 bridgehead atoms. The summed E-state index contributed by atoms with van der Waals surface area (Å²) in [5.74, 6) is 1.02. The molecule has 24 heavy (non-hydrogen) atoms. The molecule has 1 amide bonds. The lowest BCUT2D eigenvalue weighted by molar-refractivity contribution is 0.103. The maximum Gasteiger partial charge on any atom is 0.285 e. The Balaban J connectivity index is 2.43. The minimum Gasteiger partial charge on any atom is -0.497 e. The summed E-state index contributed by atoms with van der Waals surface area (Å²) >= 11 is 0.996. The van der Waals surface area contributed by atoms with Gasteiger partial charge in [0.05, 0.1) is 14.2 Å². The summed E-state index contributed by atoms with van der Waals surface area (Å²) in [6.45, 7) is 0. The van der Waals surface area contributed by atoms with Gasteiger partial charge in [-0.1, -0.05) is 12.1 Å². The largest absolute Gasteiger partial charge is 0.497 e. The molecule has 0 N–H and O–H groups in total. The zero-order valence-corrected chi connectivity index (χ0v) is 14.8. The molecule has 6 heteroatoms. The van der Waals surface area contributed by atoms with Gasteiger partial charge in [0.1, 0.15) is 11.5 Å². The van der Waals surface area contributed by atoms with E-state index in [0.717, 1.165) is 11.8 Å². The summed E-state index contributed by atoms with van der Waals surface area (Å²) in [7, 11) is 6.42. The van der Waals surface area contributed by atoms with Crippen LogP contribution in [0.3, 0.4) is 0 Å². The Hall–Kier alpha value is -2.47. The van der Waals surface area contributed by atoms with Gasteiger partial charge in [0.2, 0.25) is 0 Å². The maximum atomic E-state index is 12.9. The monoisotopic (exact) mass is 345 g/mol. The zero-order valence-electron chi connectivity index (χ0n) is 14.0. The van der Waals surface area contributed by atoms with Crippen molar-refractivity contribution in [1.29, 1.82) is 0 Å². The first kappa shape index (κ1) is 17.9. The van der Waals surface area contributed by atoms with Crippen LogP contribution < -0.4 is 9.47 Å². The van der Waals surface area contributed by atoms with Crippen LogP contribution in [0.25, 0.3) is 0 Å². The third-order valence-corrected chi connectivity index (χ3v) is 4.43. The molecule has 5 nitrogen and oxygen atoms in total. The minimum absolute atomic E-state index is 0.164. The molecule has 0 radical (unpaired) electrons. The summed E-state index contributed by atoms with van der Waals surface area (Å²) in [6.07, 6.45) is 0. The second-order valence-electron chi connectivity index (χ2n) is 5.19. The van der Waals surface area contributed by atoms with Gasteiger partial charge in [-0.25, -0.2) is 0 Å². The van der Waals surface area contributed by atoms with Crippen molar-refractivity contribution >= 4 is 22.8 Å². The van der Waals surface area contributed by atoms with Crippen LogP contribution in [0.15, 0.2) is 47.4 Å². The van der Waals surface area contributed by atoms with Crippen LogP contribution in [-0.2, 0) is 0 Å². The molecule has 0 aromatic heterocycles. The van der Waals surface area contributed by atoms with E-state index in [4.69, 9.17) is 9.47 Å². The number of hydrogen-bond acceptors (Lipinski definition) is 5.